The normalized spacial score (nSPS) is 10.6. The molecule has 0 atom stereocenters. The van der Waals surface area contributed by atoms with Gasteiger partial charge < -0.3 is 4.90 Å². The second-order valence-electron chi connectivity index (χ2n) is 4.59. The molecule has 0 N–H and O–H groups in total. The van der Waals surface area contributed by atoms with Crippen molar-refractivity contribution in [1.29, 1.82) is 0 Å². The molecule has 0 unspecified atom stereocenters. The van der Waals surface area contributed by atoms with E-state index in [-0.39, 0.29) is 5.91 Å². The Bertz CT molecular complexity index is 805. The van der Waals surface area contributed by atoms with E-state index in [2.05, 4.69) is 9.97 Å². The van der Waals surface area contributed by atoms with Crippen LogP contribution in [0.25, 0.3) is 10.9 Å². The van der Waals surface area contributed by atoms with E-state index in [0.29, 0.717) is 16.2 Å². The molecule has 0 saturated carbocycles. The van der Waals surface area contributed by atoms with Crippen LogP contribution in [0.4, 0.5) is 5.69 Å². The van der Waals surface area contributed by atoms with Gasteiger partial charge in [-0.3, -0.25) is 9.78 Å². The van der Waals surface area contributed by atoms with Gasteiger partial charge in [0.15, 0.2) is 0 Å². The molecule has 0 bridgehead atoms. The average Bonchev–Trinajstić information content (AvgIpc) is 2.53. The van der Waals surface area contributed by atoms with Crippen molar-refractivity contribution in [2.75, 3.05) is 11.9 Å². The first-order valence-electron chi connectivity index (χ1n) is 6.40. The molecule has 3 aromatic rings. The fourth-order valence-corrected chi connectivity index (χ4v) is 2.37. The van der Waals surface area contributed by atoms with Gasteiger partial charge in [-0.05, 0) is 24.3 Å². The van der Waals surface area contributed by atoms with Gasteiger partial charge in [-0.1, -0.05) is 29.8 Å². The minimum absolute atomic E-state index is 0.150. The highest BCUT2D eigenvalue weighted by atomic mass is 35.5. The zero-order valence-corrected chi connectivity index (χ0v) is 12.1. The fraction of sp³-hybridized carbons (Fsp3) is 0.0625. The molecule has 1 amide bonds. The van der Waals surface area contributed by atoms with Crippen molar-refractivity contribution in [3.63, 3.8) is 0 Å². The number of halogens is 1. The van der Waals surface area contributed by atoms with Gasteiger partial charge in [0.05, 0.1) is 23.0 Å². The number of carbonyl (C=O) groups excluding carboxylic acids is 1. The lowest BCUT2D eigenvalue weighted by Crippen LogP contribution is -2.26. The van der Waals surface area contributed by atoms with Crippen molar-refractivity contribution in [3.8, 4) is 0 Å². The Labute approximate surface area is 127 Å². The summed E-state index contributed by atoms with van der Waals surface area (Å²) in [5.74, 6) is -0.150. The van der Waals surface area contributed by atoms with Gasteiger partial charge in [-0.25, -0.2) is 4.98 Å². The molecule has 0 aliphatic rings. The molecule has 5 heteroatoms. The Hall–Kier alpha value is -2.46. The molecular formula is C16H12ClN3O. The standard InChI is InChI=1S/C16H12ClN3O/c1-20(11-5-4-8-18-10-11)16(21)13-9-15(17)19-14-7-3-2-6-12(13)14/h2-10H,1H3. The van der Waals surface area contributed by atoms with Gasteiger partial charge in [-0.15, -0.1) is 0 Å². The van der Waals surface area contributed by atoms with E-state index in [1.165, 1.54) is 0 Å². The Morgan fingerprint density at radius 2 is 2.00 bits per heavy atom. The van der Waals surface area contributed by atoms with Crippen LogP contribution in [-0.2, 0) is 0 Å². The van der Waals surface area contributed by atoms with E-state index >= 15 is 0 Å². The van der Waals surface area contributed by atoms with Crippen molar-refractivity contribution in [1.82, 2.24) is 9.97 Å². The second-order valence-corrected chi connectivity index (χ2v) is 4.97. The second kappa shape index (κ2) is 5.50. The number of amides is 1. The fourth-order valence-electron chi connectivity index (χ4n) is 2.17. The molecule has 4 nitrogen and oxygen atoms in total. The number of carbonyl (C=O) groups is 1. The van der Waals surface area contributed by atoms with Gasteiger partial charge in [0.25, 0.3) is 5.91 Å². The molecular weight excluding hydrogens is 286 g/mol. The molecule has 21 heavy (non-hydrogen) atoms. The number of para-hydroxylation sites is 1. The summed E-state index contributed by atoms with van der Waals surface area (Å²) in [6, 6.07) is 12.7. The predicted molar refractivity (Wildman–Crippen MR) is 83.7 cm³/mol. The van der Waals surface area contributed by atoms with Gasteiger partial charge in [0, 0.05) is 18.6 Å². The summed E-state index contributed by atoms with van der Waals surface area (Å²) < 4.78 is 0. The molecule has 0 aliphatic heterocycles. The first kappa shape index (κ1) is 13.5. The molecule has 3 rings (SSSR count). The third-order valence-corrected chi connectivity index (χ3v) is 3.45. The highest BCUT2D eigenvalue weighted by molar-refractivity contribution is 6.30. The maximum absolute atomic E-state index is 12.7. The lowest BCUT2D eigenvalue weighted by atomic mass is 10.1. The highest BCUT2D eigenvalue weighted by Gasteiger charge is 2.17. The van der Waals surface area contributed by atoms with Crippen LogP contribution in [0.5, 0.6) is 0 Å². The largest absolute Gasteiger partial charge is 0.310 e. The minimum atomic E-state index is -0.150. The van der Waals surface area contributed by atoms with Crippen LogP contribution in [0, 0.1) is 0 Å². The van der Waals surface area contributed by atoms with E-state index < -0.39 is 0 Å². The van der Waals surface area contributed by atoms with Crippen LogP contribution in [-0.4, -0.2) is 22.9 Å². The third kappa shape index (κ3) is 2.58. The van der Waals surface area contributed by atoms with Crippen molar-refractivity contribution >= 4 is 34.1 Å². The zero-order chi connectivity index (χ0) is 14.8. The topological polar surface area (TPSA) is 46.1 Å². The number of hydrogen-bond acceptors (Lipinski definition) is 3. The lowest BCUT2D eigenvalue weighted by molar-refractivity contribution is 0.0994. The summed E-state index contributed by atoms with van der Waals surface area (Å²) >= 11 is 6.02. The number of benzene rings is 1. The summed E-state index contributed by atoms with van der Waals surface area (Å²) in [5.41, 5.74) is 1.95. The maximum Gasteiger partial charge on any atom is 0.258 e. The van der Waals surface area contributed by atoms with E-state index in [9.17, 15) is 4.79 Å². The van der Waals surface area contributed by atoms with E-state index in [4.69, 9.17) is 11.6 Å². The molecule has 0 aliphatic carbocycles. The molecule has 2 heterocycles. The van der Waals surface area contributed by atoms with E-state index in [1.807, 2.05) is 30.3 Å². The number of fused-ring (bicyclic) bond motifs is 1. The number of hydrogen-bond donors (Lipinski definition) is 0. The van der Waals surface area contributed by atoms with Crippen molar-refractivity contribution in [2.45, 2.75) is 0 Å². The van der Waals surface area contributed by atoms with Gasteiger partial charge in [0.1, 0.15) is 5.15 Å². The Kier molecular flexibility index (Phi) is 3.54. The van der Waals surface area contributed by atoms with Gasteiger partial charge in [-0.2, -0.15) is 0 Å². The smallest absolute Gasteiger partial charge is 0.258 e. The van der Waals surface area contributed by atoms with Crippen LogP contribution >= 0.6 is 11.6 Å². The Morgan fingerprint density at radius 3 is 2.76 bits per heavy atom. The lowest BCUT2D eigenvalue weighted by Gasteiger charge is -2.18. The number of pyridine rings is 2. The quantitative estimate of drug-likeness (QED) is 0.679. The van der Waals surface area contributed by atoms with Gasteiger partial charge in [0.2, 0.25) is 0 Å². The molecule has 2 aromatic heterocycles. The molecule has 104 valence electrons. The third-order valence-electron chi connectivity index (χ3n) is 3.25. The SMILES string of the molecule is CN(C(=O)c1cc(Cl)nc2ccccc12)c1cccnc1. The van der Waals surface area contributed by atoms with E-state index in [0.717, 1.165) is 11.1 Å². The maximum atomic E-state index is 12.7. The van der Waals surface area contributed by atoms with E-state index in [1.54, 1.807) is 36.5 Å². The first-order chi connectivity index (χ1) is 10.2. The van der Waals surface area contributed by atoms with Crippen LogP contribution in [0.15, 0.2) is 54.9 Å². The molecule has 0 radical (unpaired) electrons. The number of nitrogens with zero attached hydrogens (tertiary/aromatic N) is 3. The molecule has 0 fully saturated rings. The number of anilines is 1. The summed E-state index contributed by atoms with van der Waals surface area (Å²) in [4.78, 5) is 22.5. The number of rotatable bonds is 2. The van der Waals surface area contributed by atoms with Crippen LogP contribution < -0.4 is 4.90 Å². The molecule has 0 saturated heterocycles. The zero-order valence-electron chi connectivity index (χ0n) is 11.3. The van der Waals surface area contributed by atoms with Crippen molar-refractivity contribution in [3.05, 3.63) is 65.6 Å². The summed E-state index contributed by atoms with van der Waals surface area (Å²) in [5, 5.41) is 1.08. The molecule has 0 spiro atoms. The Morgan fingerprint density at radius 1 is 1.19 bits per heavy atom. The monoisotopic (exact) mass is 297 g/mol. The Balaban J connectivity index is 2.10. The number of aromatic nitrogens is 2. The average molecular weight is 298 g/mol. The summed E-state index contributed by atoms with van der Waals surface area (Å²) in [6.45, 7) is 0. The summed E-state index contributed by atoms with van der Waals surface area (Å²) in [6.07, 6.45) is 3.31. The predicted octanol–water partition coefficient (Wildman–Crippen LogP) is 3.56. The van der Waals surface area contributed by atoms with Crippen molar-refractivity contribution in [2.24, 2.45) is 0 Å². The first-order valence-corrected chi connectivity index (χ1v) is 6.78. The van der Waals surface area contributed by atoms with Crippen molar-refractivity contribution < 1.29 is 4.79 Å². The highest BCUT2D eigenvalue weighted by Crippen LogP contribution is 2.23. The van der Waals surface area contributed by atoms with Crippen LogP contribution in [0.2, 0.25) is 5.15 Å². The van der Waals surface area contributed by atoms with Gasteiger partial charge >= 0.3 is 0 Å². The minimum Gasteiger partial charge on any atom is -0.310 e. The van der Waals surface area contributed by atoms with Crippen LogP contribution in [0.3, 0.4) is 0 Å². The molecule has 1 aromatic carbocycles. The summed E-state index contributed by atoms with van der Waals surface area (Å²) in [7, 11) is 1.71. The van der Waals surface area contributed by atoms with Crippen LogP contribution in [0.1, 0.15) is 10.4 Å².